The molecular weight excluding hydrogens is 678 g/mol. The SMILES string of the molecule is CNC(=O)c1ccc(-n2c(N[C@H](C)Cc3ccc(C(F)(F)F)cc3Cl)nc3c(c2=O)C[C@@H](C)N(C(=O)c2ccc(Cl)c(Cl)c2)C3)cc1. The molecule has 2 atom stereocenters. The number of aromatic nitrogens is 2. The van der Waals surface area contributed by atoms with Crippen molar-refractivity contribution in [1.29, 1.82) is 0 Å². The molecule has 246 valence electrons. The molecule has 4 aromatic rings. The Bertz CT molecular complexity index is 1910. The lowest BCUT2D eigenvalue weighted by Gasteiger charge is -2.35. The van der Waals surface area contributed by atoms with Crippen LogP contribution in [0.4, 0.5) is 19.1 Å². The minimum Gasteiger partial charge on any atom is -0.355 e. The summed E-state index contributed by atoms with van der Waals surface area (Å²) < 4.78 is 40.9. The third-order valence-corrected chi connectivity index (χ3v) is 9.03. The van der Waals surface area contributed by atoms with E-state index in [1.807, 2.05) is 6.92 Å². The van der Waals surface area contributed by atoms with Crippen LogP contribution in [-0.4, -0.2) is 45.4 Å². The summed E-state index contributed by atoms with van der Waals surface area (Å²) in [6.45, 7) is 3.65. The predicted molar refractivity (Wildman–Crippen MR) is 176 cm³/mol. The Kier molecular flexibility index (Phi) is 9.91. The van der Waals surface area contributed by atoms with E-state index in [2.05, 4.69) is 10.6 Å². The third-order valence-electron chi connectivity index (χ3n) is 7.94. The van der Waals surface area contributed by atoms with Crippen molar-refractivity contribution < 1.29 is 22.8 Å². The van der Waals surface area contributed by atoms with E-state index >= 15 is 0 Å². The van der Waals surface area contributed by atoms with Crippen molar-refractivity contribution in [3.63, 3.8) is 0 Å². The first-order chi connectivity index (χ1) is 22.2. The van der Waals surface area contributed by atoms with Crippen molar-refractivity contribution in [1.82, 2.24) is 19.8 Å². The summed E-state index contributed by atoms with van der Waals surface area (Å²) in [5.74, 6) is -0.459. The van der Waals surface area contributed by atoms with E-state index in [-0.39, 0.29) is 58.8 Å². The highest BCUT2D eigenvalue weighted by Crippen LogP contribution is 2.33. The second-order valence-electron chi connectivity index (χ2n) is 11.3. The van der Waals surface area contributed by atoms with Crippen molar-refractivity contribution in [2.45, 2.75) is 51.5 Å². The number of hydrogen-bond donors (Lipinski definition) is 2. The molecule has 0 saturated heterocycles. The molecule has 0 aliphatic carbocycles. The van der Waals surface area contributed by atoms with Crippen LogP contribution in [0.3, 0.4) is 0 Å². The molecule has 0 radical (unpaired) electrons. The molecular formula is C33H29Cl3F3N5O3. The monoisotopic (exact) mass is 705 g/mol. The maximum atomic E-state index is 14.1. The number of halogens is 6. The molecule has 0 bridgehead atoms. The second-order valence-corrected chi connectivity index (χ2v) is 12.5. The highest BCUT2D eigenvalue weighted by Gasteiger charge is 2.33. The van der Waals surface area contributed by atoms with Crippen LogP contribution in [-0.2, 0) is 25.6 Å². The van der Waals surface area contributed by atoms with Crippen LogP contribution < -0.4 is 16.2 Å². The van der Waals surface area contributed by atoms with Gasteiger partial charge in [-0.25, -0.2) is 9.55 Å². The number of carbonyl (C=O) groups is 2. The van der Waals surface area contributed by atoms with Gasteiger partial charge in [0.05, 0.1) is 33.5 Å². The molecule has 3 aromatic carbocycles. The molecule has 14 heteroatoms. The number of amides is 2. The average molecular weight is 707 g/mol. The molecule has 47 heavy (non-hydrogen) atoms. The summed E-state index contributed by atoms with van der Waals surface area (Å²) in [6.07, 6.45) is -4.10. The van der Waals surface area contributed by atoms with Gasteiger partial charge < -0.3 is 15.5 Å². The van der Waals surface area contributed by atoms with Gasteiger partial charge in [0.2, 0.25) is 5.95 Å². The van der Waals surface area contributed by atoms with Crippen LogP contribution in [0.1, 0.15) is 56.9 Å². The van der Waals surface area contributed by atoms with Crippen LogP contribution >= 0.6 is 34.8 Å². The van der Waals surface area contributed by atoms with Crippen LogP contribution in [0.15, 0.2) is 65.5 Å². The molecule has 2 amide bonds. The average Bonchev–Trinajstić information content (AvgIpc) is 3.02. The van der Waals surface area contributed by atoms with Crippen LogP contribution in [0.2, 0.25) is 15.1 Å². The number of carbonyl (C=O) groups excluding carboxylic acids is 2. The fourth-order valence-electron chi connectivity index (χ4n) is 5.46. The van der Waals surface area contributed by atoms with E-state index in [4.69, 9.17) is 39.8 Å². The van der Waals surface area contributed by atoms with E-state index in [9.17, 15) is 27.6 Å². The maximum absolute atomic E-state index is 14.1. The highest BCUT2D eigenvalue weighted by atomic mass is 35.5. The Morgan fingerprint density at radius 2 is 1.66 bits per heavy atom. The minimum atomic E-state index is -4.53. The van der Waals surface area contributed by atoms with Crippen molar-refractivity contribution in [2.75, 3.05) is 12.4 Å². The summed E-state index contributed by atoms with van der Waals surface area (Å²) in [4.78, 5) is 46.2. The summed E-state index contributed by atoms with van der Waals surface area (Å²) in [6, 6.07) is 13.4. The van der Waals surface area contributed by atoms with Gasteiger partial charge in [-0.15, -0.1) is 0 Å². The van der Waals surface area contributed by atoms with Gasteiger partial charge in [-0.2, -0.15) is 13.2 Å². The third kappa shape index (κ3) is 7.27. The van der Waals surface area contributed by atoms with Gasteiger partial charge in [-0.05, 0) is 86.8 Å². The Balaban J connectivity index is 1.53. The molecule has 1 aromatic heterocycles. The number of hydrogen-bond acceptors (Lipinski definition) is 5. The molecule has 0 spiro atoms. The zero-order chi connectivity index (χ0) is 34.2. The fraction of sp³-hybridized carbons (Fsp3) is 0.273. The molecule has 2 heterocycles. The van der Waals surface area contributed by atoms with Crippen LogP contribution in [0, 0.1) is 0 Å². The second kappa shape index (κ2) is 13.6. The first-order valence-corrected chi connectivity index (χ1v) is 15.7. The molecule has 0 unspecified atom stereocenters. The summed E-state index contributed by atoms with van der Waals surface area (Å²) in [7, 11) is 1.51. The standard InChI is InChI=1S/C33H29Cl3F3N5O3/c1-17(12-20-4-8-22(15-26(20)35)33(37,38)39)41-32-42-28-16-43(30(46)21-7-11-25(34)27(36)14-21)18(2)13-24(28)31(47)44(32)23-9-5-19(6-10-23)29(45)40-3/h4-11,14-15,17-18H,12-13,16H2,1-3H3,(H,40,45)(H,41,42)/t17-,18-/m1/s1. The largest absolute Gasteiger partial charge is 0.416 e. The van der Waals surface area contributed by atoms with E-state index < -0.39 is 17.8 Å². The van der Waals surface area contributed by atoms with Crippen molar-refractivity contribution in [3.05, 3.63) is 120 Å². The number of fused-ring (bicyclic) bond motifs is 1. The summed E-state index contributed by atoms with van der Waals surface area (Å²) in [5.41, 5.74) is 1.22. The van der Waals surface area contributed by atoms with Crippen molar-refractivity contribution in [2.24, 2.45) is 0 Å². The molecule has 1 aliphatic heterocycles. The Morgan fingerprint density at radius 1 is 0.979 bits per heavy atom. The first kappa shape index (κ1) is 34.3. The Hall–Kier alpha value is -4.06. The maximum Gasteiger partial charge on any atom is 0.416 e. The number of rotatable bonds is 7. The van der Waals surface area contributed by atoms with Gasteiger partial charge >= 0.3 is 6.18 Å². The lowest BCUT2D eigenvalue weighted by Crippen LogP contribution is -2.46. The quantitative estimate of drug-likeness (QED) is 0.212. The summed E-state index contributed by atoms with van der Waals surface area (Å²) in [5, 5.41) is 6.29. The van der Waals surface area contributed by atoms with Crippen molar-refractivity contribution >= 4 is 52.6 Å². The molecule has 2 N–H and O–H groups in total. The Morgan fingerprint density at radius 3 is 2.28 bits per heavy atom. The normalized spacial score (nSPS) is 15.2. The van der Waals surface area contributed by atoms with E-state index in [1.54, 1.807) is 48.2 Å². The van der Waals surface area contributed by atoms with Crippen LogP contribution in [0.5, 0.6) is 0 Å². The van der Waals surface area contributed by atoms with Gasteiger partial charge in [-0.3, -0.25) is 14.4 Å². The van der Waals surface area contributed by atoms with Gasteiger partial charge in [0.25, 0.3) is 17.4 Å². The number of nitrogens with zero attached hydrogens (tertiary/aromatic N) is 3. The van der Waals surface area contributed by atoms with E-state index in [0.717, 1.165) is 12.1 Å². The zero-order valence-electron chi connectivity index (χ0n) is 25.4. The lowest BCUT2D eigenvalue weighted by atomic mass is 9.98. The van der Waals surface area contributed by atoms with Gasteiger partial charge in [0, 0.05) is 40.8 Å². The van der Waals surface area contributed by atoms with Gasteiger partial charge in [-0.1, -0.05) is 40.9 Å². The summed E-state index contributed by atoms with van der Waals surface area (Å²) >= 11 is 18.4. The zero-order valence-corrected chi connectivity index (χ0v) is 27.7. The minimum absolute atomic E-state index is 0.0368. The first-order valence-electron chi connectivity index (χ1n) is 14.5. The number of nitrogens with one attached hydrogen (secondary N) is 2. The molecule has 1 aliphatic rings. The highest BCUT2D eigenvalue weighted by molar-refractivity contribution is 6.42. The molecule has 0 saturated carbocycles. The van der Waals surface area contributed by atoms with E-state index in [0.29, 0.717) is 38.7 Å². The molecule has 0 fully saturated rings. The van der Waals surface area contributed by atoms with E-state index in [1.165, 1.54) is 23.7 Å². The number of anilines is 1. The van der Waals surface area contributed by atoms with Gasteiger partial charge in [0.15, 0.2) is 0 Å². The predicted octanol–water partition coefficient (Wildman–Crippen LogP) is 7.20. The Labute approximate surface area is 283 Å². The smallest absolute Gasteiger partial charge is 0.355 e. The molecule has 5 rings (SSSR count). The lowest BCUT2D eigenvalue weighted by molar-refractivity contribution is -0.137. The van der Waals surface area contributed by atoms with Crippen molar-refractivity contribution in [3.8, 4) is 5.69 Å². The number of benzene rings is 3. The van der Waals surface area contributed by atoms with Gasteiger partial charge in [0.1, 0.15) is 0 Å². The molecule has 8 nitrogen and oxygen atoms in total. The topological polar surface area (TPSA) is 96.3 Å². The van der Waals surface area contributed by atoms with Crippen LogP contribution in [0.25, 0.3) is 5.69 Å². The fourth-order valence-corrected chi connectivity index (χ4v) is 6.01. The number of alkyl halides is 3.